The average molecular weight is 310 g/mol. The number of hydrogen-bond acceptors (Lipinski definition) is 2. The lowest BCUT2D eigenvalue weighted by Gasteiger charge is -2.17. The summed E-state index contributed by atoms with van der Waals surface area (Å²) in [5.41, 5.74) is 2.59. The highest BCUT2D eigenvalue weighted by atomic mass is 79.9. The van der Waals surface area contributed by atoms with Gasteiger partial charge in [-0.2, -0.15) is 0 Å². The van der Waals surface area contributed by atoms with E-state index in [2.05, 4.69) is 70.8 Å². The fourth-order valence-electron chi connectivity index (χ4n) is 1.83. The highest BCUT2D eigenvalue weighted by Crippen LogP contribution is 2.28. The molecule has 0 spiro atoms. The number of halogens is 1. The predicted octanol–water partition coefficient (Wildman–Crippen LogP) is 4.52. The molecule has 1 heterocycles. The second kappa shape index (κ2) is 5.80. The first kappa shape index (κ1) is 12.8. The molecule has 1 nitrogen and oxygen atoms in total. The van der Waals surface area contributed by atoms with Gasteiger partial charge in [0.05, 0.1) is 6.04 Å². The lowest BCUT2D eigenvalue weighted by Crippen LogP contribution is -2.21. The Hall–Kier alpha value is -0.640. The van der Waals surface area contributed by atoms with Gasteiger partial charge < -0.3 is 5.32 Å². The molecule has 0 aliphatic carbocycles. The highest BCUT2D eigenvalue weighted by molar-refractivity contribution is 9.10. The fraction of sp³-hybridized carbons (Fsp3) is 0.286. The van der Waals surface area contributed by atoms with Gasteiger partial charge in [-0.1, -0.05) is 41.1 Å². The molecule has 3 heteroatoms. The third-order valence-corrected chi connectivity index (χ3v) is 4.56. The zero-order valence-electron chi connectivity index (χ0n) is 10.0. The Morgan fingerprint density at radius 2 is 2.18 bits per heavy atom. The SMILES string of the molecule is CCNC(c1ccc(C)c(Br)c1)c1cccs1. The molecule has 17 heavy (non-hydrogen) atoms. The van der Waals surface area contributed by atoms with E-state index in [-0.39, 0.29) is 0 Å². The van der Waals surface area contributed by atoms with Gasteiger partial charge in [-0.25, -0.2) is 0 Å². The van der Waals surface area contributed by atoms with Crippen molar-refractivity contribution in [3.05, 3.63) is 56.2 Å². The molecule has 1 N–H and O–H groups in total. The summed E-state index contributed by atoms with van der Waals surface area (Å²) in [7, 11) is 0. The number of benzene rings is 1. The Kier molecular flexibility index (Phi) is 4.37. The minimum atomic E-state index is 0.303. The van der Waals surface area contributed by atoms with Crippen LogP contribution in [-0.2, 0) is 0 Å². The van der Waals surface area contributed by atoms with Crippen molar-refractivity contribution in [2.24, 2.45) is 0 Å². The summed E-state index contributed by atoms with van der Waals surface area (Å²) in [5, 5.41) is 5.67. The first-order valence-electron chi connectivity index (χ1n) is 5.75. The Balaban J connectivity index is 2.35. The topological polar surface area (TPSA) is 12.0 Å². The molecule has 0 bridgehead atoms. The summed E-state index contributed by atoms with van der Waals surface area (Å²) in [6.07, 6.45) is 0. The molecule has 1 atom stereocenters. The van der Waals surface area contributed by atoms with Crippen LogP contribution in [0, 0.1) is 6.92 Å². The average Bonchev–Trinajstić information content (AvgIpc) is 2.83. The minimum absolute atomic E-state index is 0.303. The number of rotatable bonds is 4. The van der Waals surface area contributed by atoms with Crippen molar-refractivity contribution in [2.75, 3.05) is 6.54 Å². The summed E-state index contributed by atoms with van der Waals surface area (Å²) in [6, 6.07) is 11.2. The van der Waals surface area contributed by atoms with Crippen LogP contribution < -0.4 is 5.32 Å². The molecule has 0 amide bonds. The number of aryl methyl sites for hydroxylation is 1. The minimum Gasteiger partial charge on any atom is -0.306 e. The summed E-state index contributed by atoms with van der Waals surface area (Å²) >= 11 is 5.40. The molecule has 1 unspecified atom stereocenters. The summed E-state index contributed by atoms with van der Waals surface area (Å²) in [5.74, 6) is 0. The third kappa shape index (κ3) is 2.97. The second-order valence-corrected chi connectivity index (χ2v) is 5.85. The zero-order valence-corrected chi connectivity index (χ0v) is 12.4. The molecule has 2 aromatic rings. The first-order valence-corrected chi connectivity index (χ1v) is 7.42. The Morgan fingerprint density at radius 3 is 2.76 bits per heavy atom. The quantitative estimate of drug-likeness (QED) is 0.875. The van der Waals surface area contributed by atoms with Gasteiger partial charge in [0.25, 0.3) is 0 Å². The van der Waals surface area contributed by atoms with E-state index in [1.165, 1.54) is 20.5 Å². The number of thiophene rings is 1. The van der Waals surface area contributed by atoms with Crippen molar-refractivity contribution in [3.8, 4) is 0 Å². The van der Waals surface area contributed by atoms with Gasteiger partial charge in [0.2, 0.25) is 0 Å². The van der Waals surface area contributed by atoms with Crippen LogP contribution in [0.5, 0.6) is 0 Å². The molecule has 90 valence electrons. The van der Waals surface area contributed by atoms with Gasteiger partial charge in [-0.3, -0.25) is 0 Å². The van der Waals surface area contributed by atoms with Gasteiger partial charge in [-0.05, 0) is 42.1 Å². The van der Waals surface area contributed by atoms with Gasteiger partial charge in [0.15, 0.2) is 0 Å². The van der Waals surface area contributed by atoms with E-state index in [0.717, 1.165) is 6.54 Å². The summed E-state index contributed by atoms with van der Waals surface area (Å²) < 4.78 is 1.18. The molecule has 0 aliphatic rings. The maximum absolute atomic E-state index is 3.60. The zero-order chi connectivity index (χ0) is 12.3. The van der Waals surface area contributed by atoms with Crippen molar-refractivity contribution in [1.29, 1.82) is 0 Å². The van der Waals surface area contributed by atoms with E-state index in [4.69, 9.17) is 0 Å². The smallest absolute Gasteiger partial charge is 0.0671 e. The maximum atomic E-state index is 3.60. The van der Waals surface area contributed by atoms with E-state index < -0.39 is 0 Å². The Morgan fingerprint density at radius 1 is 1.35 bits per heavy atom. The van der Waals surface area contributed by atoms with E-state index in [1.54, 1.807) is 11.3 Å². The molecule has 0 radical (unpaired) electrons. The molecule has 0 saturated carbocycles. The molecule has 1 aromatic heterocycles. The fourth-order valence-corrected chi connectivity index (χ4v) is 3.05. The van der Waals surface area contributed by atoms with E-state index >= 15 is 0 Å². The van der Waals surface area contributed by atoms with Crippen LogP contribution in [0.15, 0.2) is 40.2 Å². The normalized spacial score (nSPS) is 12.6. The molecule has 0 aliphatic heterocycles. The van der Waals surface area contributed by atoms with Gasteiger partial charge in [0.1, 0.15) is 0 Å². The second-order valence-electron chi connectivity index (χ2n) is 4.01. The van der Waals surface area contributed by atoms with Gasteiger partial charge >= 0.3 is 0 Å². The lowest BCUT2D eigenvalue weighted by atomic mass is 10.0. The monoisotopic (exact) mass is 309 g/mol. The first-order chi connectivity index (χ1) is 8.22. The molecule has 1 aromatic carbocycles. The summed E-state index contributed by atoms with van der Waals surface area (Å²) in [6.45, 7) is 5.22. The van der Waals surface area contributed by atoms with E-state index in [0.29, 0.717) is 6.04 Å². The highest BCUT2D eigenvalue weighted by Gasteiger charge is 2.14. The van der Waals surface area contributed by atoms with Crippen molar-refractivity contribution in [2.45, 2.75) is 19.9 Å². The third-order valence-electron chi connectivity index (χ3n) is 2.77. The molecular weight excluding hydrogens is 294 g/mol. The van der Waals surface area contributed by atoms with Gasteiger partial charge in [-0.15, -0.1) is 11.3 Å². The van der Waals surface area contributed by atoms with Crippen LogP contribution in [0.25, 0.3) is 0 Å². The van der Waals surface area contributed by atoms with Crippen LogP contribution >= 0.6 is 27.3 Å². The molecule has 0 fully saturated rings. The van der Waals surface area contributed by atoms with Crippen LogP contribution in [-0.4, -0.2) is 6.54 Å². The number of nitrogens with one attached hydrogen (secondary N) is 1. The summed E-state index contributed by atoms with van der Waals surface area (Å²) in [4.78, 5) is 1.36. The molecule has 0 saturated heterocycles. The van der Waals surface area contributed by atoms with Crippen molar-refractivity contribution < 1.29 is 0 Å². The standard InChI is InChI=1S/C14H16BrNS/c1-3-16-14(13-5-4-8-17-13)11-7-6-10(2)12(15)9-11/h4-9,14,16H,3H2,1-2H3. The van der Waals surface area contributed by atoms with Crippen LogP contribution in [0.4, 0.5) is 0 Å². The van der Waals surface area contributed by atoms with Crippen molar-refractivity contribution >= 4 is 27.3 Å². The Bertz CT molecular complexity index is 479. The van der Waals surface area contributed by atoms with Crippen molar-refractivity contribution in [1.82, 2.24) is 5.32 Å². The predicted molar refractivity (Wildman–Crippen MR) is 78.7 cm³/mol. The largest absolute Gasteiger partial charge is 0.306 e. The van der Waals surface area contributed by atoms with Gasteiger partial charge in [0, 0.05) is 9.35 Å². The van der Waals surface area contributed by atoms with Crippen LogP contribution in [0.1, 0.15) is 29.0 Å². The maximum Gasteiger partial charge on any atom is 0.0671 e. The number of hydrogen-bond donors (Lipinski definition) is 1. The van der Waals surface area contributed by atoms with Crippen LogP contribution in [0.3, 0.4) is 0 Å². The lowest BCUT2D eigenvalue weighted by molar-refractivity contribution is 0.639. The van der Waals surface area contributed by atoms with Crippen LogP contribution in [0.2, 0.25) is 0 Å². The van der Waals surface area contributed by atoms with E-state index in [1.807, 2.05) is 0 Å². The molecular formula is C14H16BrNS. The molecule has 2 rings (SSSR count). The Labute approximate surface area is 115 Å². The van der Waals surface area contributed by atoms with E-state index in [9.17, 15) is 0 Å². The van der Waals surface area contributed by atoms with Crippen molar-refractivity contribution in [3.63, 3.8) is 0 Å².